The topological polar surface area (TPSA) is 110 Å². The van der Waals surface area contributed by atoms with Gasteiger partial charge in [0.15, 0.2) is 11.3 Å². The molecule has 0 spiro atoms. The number of ketones is 1. The van der Waals surface area contributed by atoms with Crippen LogP contribution >= 0.6 is 0 Å². The number of amides is 2. The molecule has 218 valence electrons. The fraction of sp³-hybridized carbons (Fsp3) is 0.353. The lowest BCUT2D eigenvalue weighted by Crippen LogP contribution is -2.46. The monoisotopic (exact) mass is 574 g/mol. The summed E-state index contributed by atoms with van der Waals surface area (Å²) in [7, 11) is 1.84. The van der Waals surface area contributed by atoms with E-state index in [0.717, 1.165) is 11.1 Å². The quantitative estimate of drug-likeness (QED) is 0.324. The zero-order chi connectivity index (χ0) is 30.5. The van der Waals surface area contributed by atoms with E-state index >= 15 is 0 Å². The number of benzene rings is 1. The number of piperidine rings is 1. The lowest BCUT2D eigenvalue weighted by molar-refractivity contribution is -0.133. The minimum atomic E-state index is -1.25. The van der Waals surface area contributed by atoms with E-state index < -0.39 is 5.54 Å². The highest BCUT2D eigenvalue weighted by Gasteiger charge is 2.67. The molecule has 2 aromatic heterocycles. The average molecular weight is 575 g/mol. The van der Waals surface area contributed by atoms with E-state index in [4.69, 9.17) is 0 Å². The van der Waals surface area contributed by atoms with Gasteiger partial charge in [-0.2, -0.15) is 5.26 Å². The van der Waals surface area contributed by atoms with Gasteiger partial charge in [-0.05, 0) is 65.1 Å². The molecule has 0 unspecified atom stereocenters. The molecule has 2 aliphatic heterocycles. The fourth-order valence-electron chi connectivity index (χ4n) is 6.75. The Kier molecular flexibility index (Phi) is 6.88. The maximum Gasteiger partial charge on any atom is 0.263 e. The van der Waals surface area contributed by atoms with E-state index in [0.29, 0.717) is 36.5 Å². The number of carbonyl (C=O) groups excluding carboxylic acids is 3. The van der Waals surface area contributed by atoms with Crippen LogP contribution in [-0.2, 0) is 15.1 Å². The zero-order valence-corrected chi connectivity index (χ0v) is 24.8. The molecule has 2 saturated heterocycles. The van der Waals surface area contributed by atoms with E-state index in [1.165, 1.54) is 6.08 Å². The molecule has 4 heterocycles. The third kappa shape index (κ3) is 4.77. The van der Waals surface area contributed by atoms with Crippen molar-refractivity contribution in [2.45, 2.75) is 38.8 Å². The smallest absolute Gasteiger partial charge is 0.263 e. The third-order valence-corrected chi connectivity index (χ3v) is 8.86. The Labute approximate surface area is 251 Å². The van der Waals surface area contributed by atoms with Gasteiger partial charge in [0, 0.05) is 80.9 Å². The minimum Gasteiger partial charge on any atom is -0.342 e. The van der Waals surface area contributed by atoms with Crippen molar-refractivity contribution in [3.63, 3.8) is 0 Å². The summed E-state index contributed by atoms with van der Waals surface area (Å²) in [4.78, 5) is 55.6. The molecule has 0 bridgehead atoms. The van der Waals surface area contributed by atoms with Crippen LogP contribution in [0, 0.1) is 28.6 Å². The number of nitrogens with zero attached hydrogens (tertiary/aromatic N) is 6. The second-order valence-electron chi connectivity index (χ2n) is 12.8. The molecule has 0 N–H and O–H groups in total. The first kappa shape index (κ1) is 28.3. The zero-order valence-electron chi connectivity index (χ0n) is 24.8. The summed E-state index contributed by atoms with van der Waals surface area (Å²) in [5.74, 6) is 0.467. The van der Waals surface area contributed by atoms with Crippen molar-refractivity contribution in [2.75, 3.05) is 20.1 Å². The largest absolute Gasteiger partial charge is 0.342 e. The fourth-order valence-corrected chi connectivity index (χ4v) is 6.75. The van der Waals surface area contributed by atoms with Crippen molar-refractivity contribution in [2.24, 2.45) is 17.3 Å². The standard InChI is InChI=1S/C34H34N6O3/c1-33(2,3)18-30(42)39-20-26-27(21-39)31(26)40-29(17-28(41)23-7-5-22(19-35)6-8-23)38(4)34(32(40)43,24-9-13-36-14-10-24)25-11-15-37-16-12-25/h5-17,26-27,31H,18,20-21H2,1-4H3/t26-,27+,31+. The molecule has 1 aromatic carbocycles. The van der Waals surface area contributed by atoms with Crippen LogP contribution < -0.4 is 0 Å². The maximum atomic E-state index is 14.9. The number of likely N-dealkylation sites (tertiary alicyclic amines) is 1. The van der Waals surface area contributed by atoms with Gasteiger partial charge in [-0.3, -0.25) is 29.3 Å². The molecule has 3 fully saturated rings. The Morgan fingerprint density at radius 1 is 0.953 bits per heavy atom. The predicted molar refractivity (Wildman–Crippen MR) is 159 cm³/mol. The van der Waals surface area contributed by atoms with E-state index in [9.17, 15) is 19.6 Å². The molecule has 3 atom stereocenters. The Hall–Kier alpha value is -4.84. The van der Waals surface area contributed by atoms with Gasteiger partial charge in [0.1, 0.15) is 5.82 Å². The van der Waals surface area contributed by atoms with Crippen molar-refractivity contribution >= 4 is 17.6 Å². The van der Waals surface area contributed by atoms with Crippen molar-refractivity contribution < 1.29 is 14.4 Å². The van der Waals surface area contributed by atoms with E-state index in [1.807, 2.05) is 41.1 Å². The first-order valence-corrected chi connectivity index (χ1v) is 14.5. The number of hydrogen-bond acceptors (Lipinski definition) is 7. The molecule has 9 nitrogen and oxygen atoms in total. The van der Waals surface area contributed by atoms with Crippen LogP contribution in [0.4, 0.5) is 0 Å². The SMILES string of the molecule is CN1C(=CC(=O)c2ccc(C#N)cc2)N([C@H]2[C@@H]3CN(C(=O)CC(C)(C)C)C[C@@H]32)C(=O)C1(c1ccncc1)c1ccncc1. The lowest BCUT2D eigenvalue weighted by atomic mass is 9.82. The summed E-state index contributed by atoms with van der Waals surface area (Å²) < 4.78 is 0. The van der Waals surface area contributed by atoms with Gasteiger partial charge in [-0.25, -0.2) is 0 Å². The van der Waals surface area contributed by atoms with Crippen LogP contribution in [0.25, 0.3) is 0 Å². The van der Waals surface area contributed by atoms with Crippen LogP contribution in [0.2, 0.25) is 0 Å². The Bertz CT molecular complexity index is 1590. The number of fused-ring (bicyclic) bond motifs is 1. The summed E-state index contributed by atoms with van der Waals surface area (Å²) in [5, 5.41) is 9.19. The Morgan fingerprint density at radius 3 is 1.98 bits per heavy atom. The minimum absolute atomic E-state index is 0.104. The highest BCUT2D eigenvalue weighted by molar-refractivity contribution is 6.06. The first-order valence-electron chi connectivity index (χ1n) is 14.5. The normalized spacial score (nSPS) is 23.3. The molecule has 6 rings (SSSR count). The van der Waals surface area contributed by atoms with Crippen molar-refractivity contribution in [1.29, 1.82) is 5.26 Å². The van der Waals surface area contributed by atoms with Crippen LogP contribution in [0.5, 0.6) is 0 Å². The van der Waals surface area contributed by atoms with Gasteiger partial charge in [0.2, 0.25) is 5.91 Å². The number of aromatic nitrogens is 2. The number of likely N-dealkylation sites (N-methyl/N-ethyl adjacent to an activating group) is 1. The highest BCUT2D eigenvalue weighted by atomic mass is 16.2. The van der Waals surface area contributed by atoms with Crippen molar-refractivity contribution in [1.82, 2.24) is 24.7 Å². The van der Waals surface area contributed by atoms with Crippen LogP contribution in [0.3, 0.4) is 0 Å². The predicted octanol–water partition coefficient (Wildman–Crippen LogP) is 3.98. The van der Waals surface area contributed by atoms with Crippen LogP contribution in [0.1, 0.15) is 54.2 Å². The highest BCUT2D eigenvalue weighted by Crippen LogP contribution is 2.56. The second kappa shape index (κ2) is 10.5. The molecule has 3 aliphatic rings. The number of pyridine rings is 2. The average Bonchev–Trinajstić information content (AvgIpc) is 3.36. The Morgan fingerprint density at radius 2 is 1.49 bits per heavy atom. The first-order chi connectivity index (χ1) is 20.6. The number of rotatable bonds is 6. The van der Waals surface area contributed by atoms with Crippen LogP contribution in [-0.4, -0.2) is 68.4 Å². The third-order valence-electron chi connectivity index (χ3n) is 8.86. The summed E-state index contributed by atoms with van der Waals surface area (Å²) in [6, 6.07) is 15.7. The van der Waals surface area contributed by atoms with Crippen molar-refractivity contribution in [3.8, 4) is 6.07 Å². The molecular formula is C34H34N6O3. The van der Waals surface area contributed by atoms with Gasteiger partial charge in [-0.1, -0.05) is 20.8 Å². The summed E-state index contributed by atoms with van der Waals surface area (Å²) in [6.07, 6.45) is 8.66. The van der Waals surface area contributed by atoms with Gasteiger partial charge < -0.3 is 9.80 Å². The van der Waals surface area contributed by atoms with E-state index in [1.54, 1.807) is 54.0 Å². The van der Waals surface area contributed by atoms with Crippen molar-refractivity contribution in [3.05, 3.63) is 107 Å². The molecule has 0 radical (unpaired) electrons. The lowest BCUT2D eigenvalue weighted by Gasteiger charge is -2.35. The molecule has 1 aliphatic carbocycles. The maximum absolute atomic E-state index is 14.9. The van der Waals surface area contributed by atoms with Gasteiger partial charge in [0.25, 0.3) is 5.91 Å². The second-order valence-corrected chi connectivity index (χ2v) is 12.8. The molecule has 2 amide bonds. The molecule has 3 aromatic rings. The number of hydrogen-bond donors (Lipinski definition) is 0. The van der Waals surface area contributed by atoms with E-state index in [-0.39, 0.29) is 40.9 Å². The summed E-state index contributed by atoms with van der Waals surface area (Å²) in [6.45, 7) is 7.35. The molecule has 1 saturated carbocycles. The molecule has 9 heteroatoms. The summed E-state index contributed by atoms with van der Waals surface area (Å²) in [5.41, 5.74) is 0.993. The van der Waals surface area contributed by atoms with Gasteiger partial charge >= 0.3 is 0 Å². The number of allylic oxidation sites excluding steroid dienone is 1. The van der Waals surface area contributed by atoms with Gasteiger partial charge in [0.05, 0.1) is 11.6 Å². The number of nitriles is 1. The van der Waals surface area contributed by atoms with Crippen LogP contribution in [0.15, 0.2) is 85.2 Å². The number of carbonyl (C=O) groups is 3. The van der Waals surface area contributed by atoms with Gasteiger partial charge in [-0.15, -0.1) is 0 Å². The molecular weight excluding hydrogens is 540 g/mol. The summed E-state index contributed by atoms with van der Waals surface area (Å²) >= 11 is 0. The molecule has 43 heavy (non-hydrogen) atoms. The Balaban J connectivity index is 1.42. The van der Waals surface area contributed by atoms with E-state index in [2.05, 4.69) is 36.8 Å².